The van der Waals surface area contributed by atoms with Gasteiger partial charge in [-0.15, -0.1) is 0 Å². The van der Waals surface area contributed by atoms with E-state index in [0.717, 1.165) is 25.2 Å². The van der Waals surface area contributed by atoms with Crippen molar-refractivity contribution in [2.75, 3.05) is 20.2 Å². The molecule has 0 bridgehead atoms. The molecule has 0 aliphatic carbocycles. The molecule has 1 rings (SSSR count). The van der Waals surface area contributed by atoms with Crippen molar-refractivity contribution in [1.29, 1.82) is 0 Å². The monoisotopic (exact) mass is 237 g/mol. The second-order valence-electron chi connectivity index (χ2n) is 4.16. The minimum absolute atomic E-state index is 0.437. The van der Waals surface area contributed by atoms with Gasteiger partial charge in [-0.2, -0.15) is 0 Å². The van der Waals surface area contributed by atoms with Gasteiger partial charge in [0.1, 0.15) is 0 Å². The Morgan fingerprint density at radius 3 is 3.00 bits per heavy atom. The second kappa shape index (κ2) is 8.03. The van der Waals surface area contributed by atoms with Crippen LogP contribution in [0.3, 0.4) is 0 Å². The van der Waals surface area contributed by atoms with Crippen LogP contribution in [-0.4, -0.2) is 31.2 Å². The molecule has 1 aromatic rings. The summed E-state index contributed by atoms with van der Waals surface area (Å²) >= 11 is 0. The molecule has 0 spiro atoms. The molecule has 0 amide bonds. The van der Waals surface area contributed by atoms with Crippen LogP contribution in [0.1, 0.15) is 25.8 Å². The number of ether oxygens (including phenoxy) is 1. The molecule has 0 aromatic carbocycles. The summed E-state index contributed by atoms with van der Waals surface area (Å²) in [5.74, 6) is 0.703. The first kappa shape index (κ1) is 13.9. The van der Waals surface area contributed by atoms with E-state index in [4.69, 9.17) is 4.74 Å². The molecule has 2 N–H and O–H groups in total. The minimum atomic E-state index is 0.437. The highest BCUT2D eigenvalue weighted by atomic mass is 16.5. The van der Waals surface area contributed by atoms with Gasteiger partial charge in [-0.3, -0.25) is 0 Å². The van der Waals surface area contributed by atoms with Gasteiger partial charge in [-0.25, -0.2) is 4.98 Å². The molecule has 0 aliphatic heterocycles. The predicted octanol–water partition coefficient (Wildman–Crippen LogP) is 1.57. The lowest BCUT2D eigenvalue weighted by Crippen LogP contribution is -2.36. The van der Waals surface area contributed by atoms with Gasteiger partial charge in [-0.1, -0.05) is 13.0 Å². The molecule has 1 heterocycles. The van der Waals surface area contributed by atoms with E-state index in [1.54, 1.807) is 13.3 Å². The van der Waals surface area contributed by atoms with Crippen molar-refractivity contribution >= 4 is 0 Å². The Balaban J connectivity index is 2.33. The Morgan fingerprint density at radius 1 is 1.47 bits per heavy atom. The van der Waals surface area contributed by atoms with Crippen LogP contribution in [-0.2, 0) is 6.54 Å². The topological polar surface area (TPSA) is 46.2 Å². The summed E-state index contributed by atoms with van der Waals surface area (Å²) in [5.41, 5.74) is 1.09. The van der Waals surface area contributed by atoms with Crippen LogP contribution in [0.5, 0.6) is 5.88 Å². The molecular formula is C13H23N3O. The fraction of sp³-hybridized carbons (Fsp3) is 0.615. The zero-order valence-electron chi connectivity index (χ0n) is 11.0. The van der Waals surface area contributed by atoms with Crippen molar-refractivity contribution in [2.24, 2.45) is 0 Å². The quantitative estimate of drug-likeness (QED) is 0.674. The van der Waals surface area contributed by atoms with E-state index < -0.39 is 0 Å². The summed E-state index contributed by atoms with van der Waals surface area (Å²) in [6.45, 7) is 7.18. The van der Waals surface area contributed by atoms with Crippen molar-refractivity contribution in [3.8, 4) is 5.88 Å². The molecule has 0 radical (unpaired) electrons. The molecule has 96 valence electrons. The van der Waals surface area contributed by atoms with E-state index in [1.807, 2.05) is 12.1 Å². The highest BCUT2D eigenvalue weighted by molar-refractivity contribution is 5.25. The molecule has 17 heavy (non-hydrogen) atoms. The lowest BCUT2D eigenvalue weighted by Gasteiger charge is -2.15. The summed E-state index contributed by atoms with van der Waals surface area (Å²) in [5, 5.41) is 6.84. The maximum atomic E-state index is 5.21. The Hall–Kier alpha value is -1.13. The first-order chi connectivity index (χ1) is 8.27. The smallest absolute Gasteiger partial charge is 0.217 e. The number of nitrogens with zero attached hydrogens (tertiary/aromatic N) is 1. The summed E-state index contributed by atoms with van der Waals surface area (Å²) in [6, 6.07) is 4.40. The Bertz CT molecular complexity index is 317. The van der Waals surface area contributed by atoms with Crippen LogP contribution in [0.25, 0.3) is 0 Å². The number of hydrogen-bond donors (Lipinski definition) is 2. The molecule has 0 aliphatic rings. The van der Waals surface area contributed by atoms with E-state index >= 15 is 0 Å². The van der Waals surface area contributed by atoms with Crippen molar-refractivity contribution in [2.45, 2.75) is 32.9 Å². The van der Waals surface area contributed by atoms with Gasteiger partial charge < -0.3 is 15.4 Å². The fourth-order valence-corrected chi connectivity index (χ4v) is 1.59. The third-order valence-corrected chi connectivity index (χ3v) is 2.56. The average Bonchev–Trinajstić information content (AvgIpc) is 2.37. The van der Waals surface area contributed by atoms with Crippen molar-refractivity contribution in [3.05, 3.63) is 23.9 Å². The van der Waals surface area contributed by atoms with Crippen molar-refractivity contribution < 1.29 is 4.74 Å². The zero-order chi connectivity index (χ0) is 12.5. The van der Waals surface area contributed by atoms with Crippen molar-refractivity contribution in [3.63, 3.8) is 0 Å². The van der Waals surface area contributed by atoms with Crippen LogP contribution in [0.4, 0.5) is 0 Å². The molecule has 0 saturated heterocycles. The summed E-state index contributed by atoms with van der Waals surface area (Å²) in [7, 11) is 1.65. The van der Waals surface area contributed by atoms with E-state index in [0.29, 0.717) is 11.9 Å². The Morgan fingerprint density at radius 2 is 2.29 bits per heavy atom. The van der Waals surface area contributed by atoms with Crippen LogP contribution < -0.4 is 15.4 Å². The summed E-state index contributed by atoms with van der Waals surface area (Å²) in [4.78, 5) is 4.17. The third kappa shape index (κ3) is 5.15. The largest absolute Gasteiger partial charge is 0.481 e. The highest BCUT2D eigenvalue weighted by Crippen LogP contribution is 2.12. The molecule has 1 atom stereocenters. The molecule has 4 nitrogen and oxygen atoms in total. The van der Waals surface area contributed by atoms with Gasteiger partial charge in [0.2, 0.25) is 5.88 Å². The lowest BCUT2D eigenvalue weighted by atomic mass is 10.2. The molecule has 1 unspecified atom stereocenters. The third-order valence-electron chi connectivity index (χ3n) is 2.56. The van der Waals surface area contributed by atoms with Gasteiger partial charge in [-0.05, 0) is 26.0 Å². The van der Waals surface area contributed by atoms with Gasteiger partial charge in [0, 0.05) is 30.9 Å². The standard InChI is InChI=1S/C13H23N3O/c1-4-7-14-9-11(2)16-10-12-6-5-8-15-13(12)17-3/h5-6,8,11,14,16H,4,7,9-10H2,1-3H3. The highest BCUT2D eigenvalue weighted by Gasteiger charge is 2.05. The normalized spacial score (nSPS) is 12.4. The number of hydrogen-bond acceptors (Lipinski definition) is 4. The average molecular weight is 237 g/mol. The number of methoxy groups -OCH3 is 1. The number of nitrogens with one attached hydrogen (secondary N) is 2. The van der Waals surface area contributed by atoms with Crippen LogP contribution in [0.15, 0.2) is 18.3 Å². The molecule has 1 aromatic heterocycles. The molecule has 4 heteroatoms. The lowest BCUT2D eigenvalue weighted by molar-refractivity contribution is 0.388. The van der Waals surface area contributed by atoms with Gasteiger partial charge >= 0.3 is 0 Å². The minimum Gasteiger partial charge on any atom is -0.481 e. The number of rotatable bonds is 8. The predicted molar refractivity (Wildman–Crippen MR) is 70.3 cm³/mol. The first-order valence-corrected chi connectivity index (χ1v) is 6.20. The molecular weight excluding hydrogens is 214 g/mol. The van der Waals surface area contributed by atoms with Gasteiger partial charge in [0.05, 0.1) is 7.11 Å². The Labute approximate surface area is 104 Å². The van der Waals surface area contributed by atoms with E-state index in [2.05, 4.69) is 29.5 Å². The summed E-state index contributed by atoms with van der Waals surface area (Å²) < 4.78 is 5.21. The summed E-state index contributed by atoms with van der Waals surface area (Å²) in [6.07, 6.45) is 2.91. The van der Waals surface area contributed by atoms with Gasteiger partial charge in [0.15, 0.2) is 0 Å². The van der Waals surface area contributed by atoms with E-state index in [1.165, 1.54) is 6.42 Å². The van der Waals surface area contributed by atoms with Crippen LogP contribution in [0, 0.1) is 0 Å². The van der Waals surface area contributed by atoms with Crippen molar-refractivity contribution in [1.82, 2.24) is 15.6 Å². The second-order valence-corrected chi connectivity index (χ2v) is 4.16. The number of aromatic nitrogens is 1. The molecule has 0 saturated carbocycles. The molecule has 0 fully saturated rings. The van der Waals surface area contributed by atoms with Crippen LogP contribution in [0.2, 0.25) is 0 Å². The number of pyridine rings is 1. The first-order valence-electron chi connectivity index (χ1n) is 6.20. The van der Waals surface area contributed by atoms with E-state index in [9.17, 15) is 0 Å². The van der Waals surface area contributed by atoms with Gasteiger partial charge in [0.25, 0.3) is 0 Å². The Kier molecular flexibility index (Phi) is 6.58. The maximum absolute atomic E-state index is 5.21. The SMILES string of the molecule is CCCNCC(C)NCc1cccnc1OC. The van der Waals surface area contributed by atoms with Crippen LogP contribution >= 0.6 is 0 Å². The fourth-order valence-electron chi connectivity index (χ4n) is 1.59. The van der Waals surface area contributed by atoms with E-state index in [-0.39, 0.29) is 0 Å². The maximum Gasteiger partial charge on any atom is 0.217 e. The zero-order valence-corrected chi connectivity index (χ0v) is 11.0.